The number of anilines is 1. The SMILES string of the molecule is CSc1ncccc1C(=O)OC(C)C(=O)Nc1c(C)cccc1C(C)C. The molecule has 0 saturated carbocycles. The average molecular weight is 372 g/mol. The number of ether oxygens (including phenoxy) is 1. The van der Waals surface area contributed by atoms with Crippen LogP contribution in [0.3, 0.4) is 0 Å². The van der Waals surface area contributed by atoms with Crippen LogP contribution in [0.2, 0.25) is 0 Å². The van der Waals surface area contributed by atoms with Gasteiger partial charge in [-0.25, -0.2) is 9.78 Å². The third-order valence-corrected chi connectivity index (χ3v) is 4.72. The Kier molecular flexibility index (Phi) is 6.80. The number of aromatic nitrogens is 1. The molecule has 0 spiro atoms. The van der Waals surface area contributed by atoms with Crippen LogP contribution in [-0.4, -0.2) is 29.2 Å². The molecule has 0 saturated heterocycles. The molecule has 2 aromatic rings. The Morgan fingerprint density at radius 2 is 1.88 bits per heavy atom. The lowest BCUT2D eigenvalue weighted by molar-refractivity contribution is -0.123. The molecule has 138 valence electrons. The number of hydrogen-bond donors (Lipinski definition) is 1. The number of aryl methyl sites for hydroxylation is 1. The van der Waals surface area contributed by atoms with Gasteiger partial charge < -0.3 is 10.1 Å². The lowest BCUT2D eigenvalue weighted by Gasteiger charge is -2.19. The van der Waals surface area contributed by atoms with E-state index < -0.39 is 12.1 Å². The number of carbonyl (C=O) groups is 2. The second-order valence-electron chi connectivity index (χ2n) is 6.29. The van der Waals surface area contributed by atoms with E-state index in [1.165, 1.54) is 11.8 Å². The van der Waals surface area contributed by atoms with Crippen LogP contribution >= 0.6 is 11.8 Å². The number of hydrogen-bond acceptors (Lipinski definition) is 5. The first-order valence-electron chi connectivity index (χ1n) is 8.45. The van der Waals surface area contributed by atoms with E-state index in [9.17, 15) is 9.59 Å². The van der Waals surface area contributed by atoms with E-state index >= 15 is 0 Å². The number of benzene rings is 1. The molecule has 1 aromatic heterocycles. The zero-order valence-corrected chi connectivity index (χ0v) is 16.5. The predicted molar refractivity (Wildman–Crippen MR) is 105 cm³/mol. The highest BCUT2D eigenvalue weighted by atomic mass is 32.2. The van der Waals surface area contributed by atoms with Crippen molar-refractivity contribution in [2.45, 2.75) is 44.7 Å². The van der Waals surface area contributed by atoms with Gasteiger partial charge in [-0.15, -0.1) is 11.8 Å². The minimum Gasteiger partial charge on any atom is -0.449 e. The van der Waals surface area contributed by atoms with Gasteiger partial charge in [0.05, 0.1) is 5.56 Å². The maximum absolute atomic E-state index is 12.6. The van der Waals surface area contributed by atoms with Crippen LogP contribution in [0.1, 0.15) is 48.2 Å². The highest BCUT2D eigenvalue weighted by molar-refractivity contribution is 7.98. The minimum absolute atomic E-state index is 0.266. The van der Waals surface area contributed by atoms with Crippen molar-refractivity contribution in [2.75, 3.05) is 11.6 Å². The van der Waals surface area contributed by atoms with Crippen LogP contribution in [0, 0.1) is 6.92 Å². The second kappa shape index (κ2) is 8.85. The second-order valence-corrected chi connectivity index (χ2v) is 7.09. The van der Waals surface area contributed by atoms with Crippen molar-refractivity contribution in [3.8, 4) is 0 Å². The summed E-state index contributed by atoms with van der Waals surface area (Å²) in [7, 11) is 0. The summed E-state index contributed by atoms with van der Waals surface area (Å²) < 4.78 is 5.35. The van der Waals surface area contributed by atoms with Gasteiger partial charge in [0, 0.05) is 11.9 Å². The van der Waals surface area contributed by atoms with Crippen molar-refractivity contribution < 1.29 is 14.3 Å². The molecule has 0 fully saturated rings. The van der Waals surface area contributed by atoms with Gasteiger partial charge in [0.2, 0.25) is 0 Å². The van der Waals surface area contributed by atoms with Crippen LogP contribution in [0.15, 0.2) is 41.6 Å². The number of para-hydroxylation sites is 1. The topological polar surface area (TPSA) is 68.3 Å². The van der Waals surface area contributed by atoms with Crippen molar-refractivity contribution in [3.05, 3.63) is 53.2 Å². The van der Waals surface area contributed by atoms with Gasteiger partial charge in [-0.1, -0.05) is 32.0 Å². The summed E-state index contributed by atoms with van der Waals surface area (Å²) in [6.07, 6.45) is 2.53. The Bertz CT molecular complexity index is 805. The third-order valence-electron chi connectivity index (χ3n) is 4.01. The van der Waals surface area contributed by atoms with Gasteiger partial charge in [-0.3, -0.25) is 4.79 Å². The van der Waals surface area contributed by atoms with Gasteiger partial charge in [0.1, 0.15) is 5.03 Å². The number of amides is 1. The fourth-order valence-electron chi connectivity index (χ4n) is 2.55. The number of carbonyl (C=O) groups excluding carboxylic acids is 2. The summed E-state index contributed by atoms with van der Waals surface area (Å²) in [5.74, 6) is -0.648. The summed E-state index contributed by atoms with van der Waals surface area (Å²) in [5, 5.41) is 3.48. The quantitative estimate of drug-likeness (QED) is 0.600. The van der Waals surface area contributed by atoms with Gasteiger partial charge in [-0.2, -0.15) is 0 Å². The Morgan fingerprint density at radius 1 is 1.15 bits per heavy atom. The summed E-state index contributed by atoms with van der Waals surface area (Å²) >= 11 is 1.36. The molecule has 5 nitrogen and oxygen atoms in total. The standard InChI is InChI=1S/C20H24N2O3S/c1-12(2)15-9-6-8-13(3)17(15)22-18(23)14(4)25-20(24)16-10-7-11-21-19(16)26-5/h6-12,14H,1-5H3,(H,22,23). The number of nitrogens with one attached hydrogen (secondary N) is 1. The molecule has 0 aliphatic rings. The number of esters is 1. The molecular weight excluding hydrogens is 348 g/mol. The zero-order chi connectivity index (χ0) is 19.3. The van der Waals surface area contributed by atoms with Gasteiger partial charge in [0.25, 0.3) is 5.91 Å². The molecule has 0 aliphatic carbocycles. The monoisotopic (exact) mass is 372 g/mol. The van der Waals surface area contributed by atoms with E-state index in [1.807, 2.05) is 31.4 Å². The summed E-state index contributed by atoms with van der Waals surface area (Å²) in [5.41, 5.74) is 3.16. The molecule has 1 atom stereocenters. The molecule has 26 heavy (non-hydrogen) atoms. The molecule has 1 unspecified atom stereocenters. The summed E-state index contributed by atoms with van der Waals surface area (Å²) in [6, 6.07) is 9.21. The largest absolute Gasteiger partial charge is 0.449 e. The number of thioether (sulfide) groups is 1. The fourth-order valence-corrected chi connectivity index (χ4v) is 3.09. The van der Waals surface area contributed by atoms with Crippen LogP contribution < -0.4 is 5.32 Å². The Hall–Kier alpha value is -2.34. The Morgan fingerprint density at radius 3 is 2.54 bits per heavy atom. The normalized spacial score (nSPS) is 11.9. The zero-order valence-electron chi connectivity index (χ0n) is 15.7. The van der Waals surface area contributed by atoms with Crippen molar-refractivity contribution in [3.63, 3.8) is 0 Å². The van der Waals surface area contributed by atoms with Crippen molar-refractivity contribution in [1.82, 2.24) is 4.98 Å². The molecule has 0 bridgehead atoms. The van der Waals surface area contributed by atoms with E-state index in [2.05, 4.69) is 24.1 Å². The van der Waals surface area contributed by atoms with Crippen molar-refractivity contribution in [2.24, 2.45) is 0 Å². The first-order valence-corrected chi connectivity index (χ1v) is 9.68. The van der Waals surface area contributed by atoms with E-state index in [1.54, 1.807) is 25.3 Å². The first-order chi connectivity index (χ1) is 12.3. The van der Waals surface area contributed by atoms with Gasteiger partial charge >= 0.3 is 5.97 Å². The third kappa shape index (κ3) is 4.64. The molecule has 1 aromatic carbocycles. The molecular formula is C20H24N2O3S. The van der Waals surface area contributed by atoms with E-state index in [0.717, 1.165) is 16.8 Å². The summed E-state index contributed by atoms with van der Waals surface area (Å²) in [4.78, 5) is 29.1. The number of pyridine rings is 1. The van der Waals surface area contributed by atoms with E-state index in [-0.39, 0.29) is 11.8 Å². The molecule has 1 amide bonds. The van der Waals surface area contributed by atoms with Crippen molar-refractivity contribution in [1.29, 1.82) is 0 Å². The molecule has 0 aliphatic heterocycles. The van der Waals surface area contributed by atoms with Crippen LogP contribution in [-0.2, 0) is 9.53 Å². The molecule has 0 radical (unpaired) electrons. The van der Waals surface area contributed by atoms with Crippen LogP contribution in [0.4, 0.5) is 5.69 Å². The first kappa shape index (κ1) is 20.0. The Labute approximate surface area is 158 Å². The molecule has 2 rings (SSSR count). The number of rotatable bonds is 6. The van der Waals surface area contributed by atoms with Gasteiger partial charge in [0.15, 0.2) is 6.10 Å². The lowest BCUT2D eigenvalue weighted by atomic mass is 9.98. The van der Waals surface area contributed by atoms with E-state index in [4.69, 9.17) is 4.74 Å². The molecule has 1 N–H and O–H groups in total. The molecule has 6 heteroatoms. The maximum Gasteiger partial charge on any atom is 0.341 e. The van der Waals surface area contributed by atoms with E-state index in [0.29, 0.717) is 10.6 Å². The fraction of sp³-hybridized carbons (Fsp3) is 0.350. The average Bonchev–Trinajstić information content (AvgIpc) is 2.62. The Balaban J connectivity index is 2.13. The maximum atomic E-state index is 12.6. The highest BCUT2D eigenvalue weighted by Gasteiger charge is 2.22. The highest BCUT2D eigenvalue weighted by Crippen LogP contribution is 2.27. The minimum atomic E-state index is -0.919. The van der Waals surface area contributed by atoms with Crippen LogP contribution in [0.25, 0.3) is 0 Å². The van der Waals surface area contributed by atoms with Gasteiger partial charge in [-0.05, 0) is 49.3 Å². The molecule has 1 heterocycles. The van der Waals surface area contributed by atoms with Crippen LogP contribution in [0.5, 0.6) is 0 Å². The lowest BCUT2D eigenvalue weighted by Crippen LogP contribution is -2.30. The van der Waals surface area contributed by atoms with Crippen molar-refractivity contribution >= 4 is 29.3 Å². The summed E-state index contributed by atoms with van der Waals surface area (Å²) in [6.45, 7) is 7.65. The smallest absolute Gasteiger partial charge is 0.341 e. The predicted octanol–water partition coefficient (Wildman–Crippen LogP) is 4.42. The number of nitrogens with zero attached hydrogens (tertiary/aromatic N) is 1.